The van der Waals surface area contributed by atoms with Crippen molar-refractivity contribution in [1.29, 1.82) is 0 Å². The average Bonchev–Trinajstić information content (AvgIpc) is 3.05. The molecule has 0 saturated carbocycles. The second-order valence-corrected chi connectivity index (χ2v) is 5.71. The molecule has 0 saturated heterocycles. The van der Waals surface area contributed by atoms with Crippen LogP contribution in [0.3, 0.4) is 0 Å². The number of hydrogen-bond acceptors (Lipinski definition) is 6. The molecule has 1 N–H and O–H groups in total. The van der Waals surface area contributed by atoms with Gasteiger partial charge >= 0.3 is 0 Å². The minimum Gasteiger partial charge on any atom is -0.360 e. The maximum Gasteiger partial charge on any atom is 0.272 e. The lowest BCUT2D eigenvalue weighted by molar-refractivity contribution is 0.0791. The fourth-order valence-electron chi connectivity index (χ4n) is 2.31. The molecule has 25 heavy (non-hydrogen) atoms. The van der Waals surface area contributed by atoms with Crippen molar-refractivity contribution in [3.8, 4) is 0 Å². The van der Waals surface area contributed by atoms with Crippen LogP contribution in [-0.2, 0) is 6.42 Å². The zero-order valence-electron chi connectivity index (χ0n) is 14.1. The second-order valence-electron chi connectivity index (χ2n) is 5.71. The molecule has 7 nitrogen and oxygen atoms in total. The van der Waals surface area contributed by atoms with E-state index >= 15 is 0 Å². The van der Waals surface area contributed by atoms with Crippen LogP contribution in [0.2, 0.25) is 0 Å². The zero-order chi connectivity index (χ0) is 17.6. The van der Waals surface area contributed by atoms with Crippen LogP contribution < -0.4 is 5.32 Å². The van der Waals surface area contributed by atoms with Gasteiger partial charge in [-0.15, -0.1) is 0 Å². The molecule has 0 bridgehead atoms. The maximum atomic E-state index is 12.4. The van der Waals surface area contributed by atoms with Crippen molar-refractivity contribution >= 4 is 17.4 Å². The van der Waals surface area contributed by atoms with Crippen LogP contribution in [0.15, 0.2) is 53.4 Å². The molecule has 0 aliphatic carbocycles. The van der Waals surface area contributed by atoms with Gasteiger partial charge in [-0.2, -0.15) is 0 Å². The van der Waals surface area contributed by atoms with E-state index in [1.54, 1.807) is 48.7 Å². The topological polar surface area (TPSA) is 84.2 Å². The van der Waals surface area contributed by atoms with Gasteiger partial charge in [0.15, 0.2) is 5.82 Å². The van der Waals surface area contributed by atoms with Crippen molar-refractivity contribution in [2.24, 2.45) is 0 Å². The van der Waals surface area contributed by atoms with Crippen LogP contribution in [0.25, 0.3) is 0 Å². The molecule has 0 unspecified atom stereocenters. The van der Waals surface area contributed by atoms with E-state index in [-0.39, 0.29) is 5.91 Å². The summed E-state index contributed by atoms with van der Waals surface area (Å²) in [6, 6.07) is 9.17. The Morgan fingerprint density at radius 1 is 1.24 bits per heavy atom. The number of amides is 1. The van der Waals surface area contributed by atoms with Crippen molar-refractivity contribution in [2.75, 3.05) is 18.9 Å². The van der Waals surface area contributed by atoms with Gasteiger partial charge in [-0.3, -0.25) is 9.78 Å². The molecule has 7 heteroatoms. The van der Waals surface area contributed by atoms with Crippen molar-refractivity contribution in [1.82, 2.24) is 20.0 Å². The summed E-state index contributed by atoms with van der Waals surface area (Å²) in [6.07, 6.45) is 5.88. The van der Waals surface area contributed by atoms with Gasteiger partial charge in [0.25, 0.3) is 5.91 Å². The molecule has 3 aromatic heterocycles. The summed E-state index contributed by atoms with van der Waals surface area (Å²) in [4.78, 5) is 22.3. The third-order valence-electron chi connectivity index (χ3n) is 3.71. The highest BCUT2D eigenvalue weighted by Crippen LogP contribution is 2.15. The van der Waals surface area contributed by atoms with Gasteiger partial charge in [0, 0.05) is 32.1 Å². The number of aromatic nitrogens is 3. The Morgan fingerprint density at radius 2 is 2.04 bits per heavy atom. The highest BCUT2D eigenvalue weighted by atomic mass is 16.5. The third-order valence-corrected chi connectivity index (χ3v) is 3.71. The van der Waals surface area contributed by atoms with Crippen LogP contribution >= 0.6 is 0 Å². The number of nitrogens with zero attached hydrogens (tertiary/aromatic N) is 4. The summed E-state index contributed by atoms with van der Waals surface area (Å²) < 4.78 is 5.00. The molecule has 3 rings (SSSR count). The number of rotatable bonds is 6. The summed E-state index contributed by atoms with van der Waals surface area (Å²) in [5.74, 6) is 1.21. The standard InChI is InChI=1S/C18H19N5O2/c1-13-11-17(22-25-13)21-15-3-4-16(20-12-15)18(24)23(2)10-7-14-5-8-19-9-6-14/h3-6,8-9,11-12H,7,10H2,1-2H3,(H,21,22). The van der Waals surface area contributed by atoms with Crippen LogP contribution in [0.1, 0.15) is 21.8 Å². The first-order valence-corrected chi connectivity index (χ1v) is 7.92. The molecular formula is C18H19N5O2. The SMILES string of the molecule is Cc1cc(Nc2ccc(C(=O)N(C)CCc3ccncc3)nc2)no1. The minimum atomic E-state index is -0.113. The number of nitrogens with one attached hydrogen (secondary N) is 1. The summed E-state index contributed by atoms with van der Waals surface area (Å²) in [7, 11) is 1.77. The molecule has 0 spiro atoms. The van der Waals surface area contributed by atoms with Crippen LogP contribution in [-0.4, -0.2) is 39.5 Å². The number of aryl methyl sites for hydroxylation is 1. The summed E-state index contributed by atoms with van der Waals surface area (Å²) in [5, 5.41) is 6.93. The Balaban J connectivity index is 1.58. The normalized spacial score (nSPS) is 10.5. The average molecular weight is 337 g/mol. The predicted molar refractivity (Wildman–Crippen MR) is 93.7 cm³/mol. The molecule has 3 heterocycles. The fourth-order valence-corrected chi connectivity index (χ4v) is 2.31. The van der Waals surface area contributed by atoms with Gasteiger partial charge in [0.1, 0.15) is 11.5 Å². The lowest BCUT2D eigenvalue weighted by atomic mass is 10.2. The van der Waals surface area contributed by atoms with Gasteiger partial charge in [0.05, 0.1) is 11.9 Å². The molecule has 0 fully saturated rings. The molecule has 128 valence electrons. The highest BCUT2D eigenvalue weighted by Gasteiger charge is 2.13. The highest BCUT2D eigenvalue weighted by molar-refractivity contribution is 5.92. The number of hydrogen-bond donors (Lipinski definition) is 1. The van der Waals surface area contributed by atoms with E-state index in [1.807, 2.05) is 19.1 Å². The van der Waals surface area contributed by atoms with Crippen molar-refractivity contribution in [2.45, 2.75) is 13.3 Å². The van der Waals surface area contributed by atoms with E-state index in [1.165, 1.54) is 0 Å². The molecular weight excluding hydrogens is 318 g/mol. The van der Waals surface area contributed by atoms with E-state index in [4.69, 9.17) is 4.52 Å². The van der Waals surface area contributed by atoms with Gasteiger partial charge < -0.3 is 14.7 Å². The first-order chi connectivity index (χ1) is 12.1. The third kappa shape index (κ3) is 4.41. The summed E-state index contributed by atoms with van der Waals surface area (Å²) in [6.45, 7) is 2.43. The first kappa shape index (κ1) is 16.6. The van der Waals surface area contributed by atoms with Crippen LogP contribution in [0.5, 0.6) is 0 Å². The molecule has 3 aromatic rings. The van der Waals surface area contributed by atoms with Crippen molar-refractivity contribution in [3.05, 3.63) is 65.9 Å². The second kappa shape index (κ2) is 7.57. The van der Waals surface area contributed by atoms with Gasteiger partial charge in [0.2, 0.25) is 0 Å². The van der Waals surface area contributed by atoms with E-state index in [9.17, 15) is 4.79 Å². The molecule has 0 aliphatic rings. The maximum absolute atomic E-state index is 12.4. The Morgan fingerprint density at radius 3 is 2.68 bits per heavy atom. The van der Waals surface area contributed by atoms with E-state index in [0.717, 1.165) is 23.4 Å². The molecule has 0 radical (unpaired) electrons. The lowest BCUT2D eigenvalue weighted by Gasteiger charge is -2.16. The summed E-state index contributed by atoms with van der Waals surface area (Å²) >= 11 is 0. The van der Waals surface area contributed by atoms with Crippen LogP contribution in [0.4, 0.5) is 11.5 Å². The van der Waals surface area contributed by atoms with E-state index in [2.05, 4.69) is 20.4 Å². The van der Waals surface area contributed by atoms with Gasteiger partial charge in [-0.05, 0) is 43.2 Å². The smallest absolute Gasteiger partial charge is 0.272 e. The monoisotopic (exact) mass is 337 g/mol. The largest absolute Gasteiger partial charge is 0.360 e. The molecule has 0 aliphatic heterocycles. The Bertz CT molecular complexity index is 830. The number of pyridine rings is 2. The Labute approximate surface area is 145 Å². The fraction of sp³-hybridized carbons (Fsp3) is 0.222. The quantitative estimate of drug-likeness (QED) is 0.744. The minimum absolute atomic E-state index is 0.113. The zero-order valence-corrected chi connectivity index (χ0v) is 14.1. The number of carbonyl (C=O) groups is 1. The van der Waals surface area contributed by atoms with Gasteiger partial charge in [-0.25, -0.2) is 4.98 Å². The van der Waals surface area contributed by atoms with Crippen molar-refractivity contribution in [3.63, 3.8) is 0 Å². The number of likely N-dealkylation sites (N-methyl/N-ethyl adjacent to an activating group) is 1. The molecule has 0 atom stereocenters. The van der Waals surface area contributed by atoms with E-state index in [0.29, 0.717) is 18.1 Å². The van der Waals surface area contributed by atoms with E-state index < -0.39 is 0 Å². The van der Waals surface area contributed by atoms with Crippen molar-refractivity contribution < 1.29 is 9.32 Å². The first-order valence-electron chi connectivity index (χ1n) is 7.92. The predicted octanol–water partition coefficient (Wildman–Crippen LogP) is 2.83. The molecule has 0 aromatic carbocycles. The lowest BCUT2D eigenvalue weighted by Crippen LogP contribution is -2.29. The van der Waals surface area contributed by atoms with Gasteiger partial charge in [-0.1, -0.05) is 5.16 Å². The number of carbonyl (C=O) groups excluding carboxylic acids is 1. The summed E-state index contributed by atoms with van der Waals surface area (Å²) in [5.41, 5.74) is 2.29. The Kier molecular flexibility index (Phi) is 5.03. The van der Waals surface area contributed by atoms with Crippen LogP contribution in [0, 0.1) is 6.92 Å². The number of anilines is 2. The Hall–Kier alpha value is -3.22. The molecule has 1 amide bonds.